The van der Waals surface area contributed by atoms with Gasteiger partial charge in [-0.1, -0.05) is 46.3 Å². The van der Waals surface area contributed by atoms with Crippen molar-refractivity contribution in [3.8, 4) is 0 Å². The van der Waals surface area contributed by atoms with E-state index in [4.69, 9.17) is 10.2 Å². The lowest BCUT2D eigenvalue weighted by molar-refractivity contribution is -0.140. The molecule has 0 aromatic heterocycles. The van der Waals surface area contributed by atoms with Crippen LogP contribution < -0.4 is 0 Å². The van der Waals surface area contributed by atoms with Gasteiger partial charge in [-0.15, -0.1) is 0 Å². The summed E-state index contributed by atoms with van der Waals surface area (Å²) in [6.07, 6.45) is 0. The molecule has 0 bridgehead atoms. The largest absolute Gasteiger partial charge is 0.477 e. The Morgan fingerprint density at radius 3 is 1.94 bits per heavy atom. The highest BCUT2D eigenvalue weighted by molar-refractivity contribution is 9.09. The molecule has 0 spiro atoms. The fourth-order valence-electron chi connectivity index (χ4n) is 1.28. The molecule has 84 valence electrons. The zero-order valence-corrected chi connectivity index (χ0v) is 9.77. The van der Waals surface area contributed by atoms with Gasteiger partial charge in [-0.2, -0.15) is 0 Å². The van der Waals surface area contributed by atoms with Crippen molar-refractivity contribution in [3.63, 3.8) is 0 Å². The molecule has 2 N–H and O–H groups in total. The molecule has 0 aliphatic heterocycles. The van der Waals surface area contributed by atoms with Crippen LogP contribution in [-0.4, -0.2) is 27.5 Å². The molecule has 1 rings (SSSR count). The van der Waals surface area contributed by atoms with Crippen LogP contribution in [0.5, 0.6) is 0 Å². The van der Waals surface area contributed by atoms with E-state index in [0.717, 1.165) is 0 Å². The normalized spacial score (nSPS) is 9.56. The molecule has 0 amide bonds. The number of carbonyl (C=O) groups is 2. The van der Waals surface area contributed by atoms with E-state index in [9.17, 15) is 9.59 Å². The predicted octanol–water partition coefficient (Wildman–Crippen LogP) is 2.00. The first-order valence-corrected chi connectivity index (χ1v) is 5.51. The van der Waals surface area contributed by atoms with Crippen LogP contribution in [0.3, 0.4) is 0 Å². The molecule has 1 aromatic carbocycles. The Balaban J connectivity index is 3.38. The summed E-state index contributed by atoms with van der Waals surface area (Å²) in [7, 11) is 0. The number of rotatable bonds is 4. The van der Waals surface area contributed by atoms with Gasteiger partial charge in [0.15, 0.2) is 0 Å². The van der Waals surface area contributed by atoms with Crippen LogP contribution in [-0.2, 0) is 9.59 Å². The van der Waals surface area contributed by atoms with E-state index in [0.29, 0.717) is 5.56 Å². The molecule has 0 radical (unpaired) electrons. The summed E-state index contributed by atoms with van der Waals surface area (Å²) >= 11 is 3.11. The first-order valence-electron chi connectivity index (χ1n) is 4.39. The molecule has 4 nitrogen and oxygen atoms in total. The number of hydrogen-bond donors (Lipinski definition) is 2. The van der Waals surface area contributed by atoms with Gasteiger partial charge in [0.2, 0.25) is 0 Å². The topological polar surface area (TPSA) is 74.6 Å². The molecule has 0 saturated heterocycles. The second-order valence-corrected chi connectivity index (χ2v) is 3.52. The maximum Gasteiger partial charge on any atom is 0.343 e. The summed E-state index contributed by atoms with van der Waals surface area (Å²) in [5.41, 5.74) is 0.225. The lowest BCUT2D eigenvalue weighted by Crippen LogP contribution is -2.14. The van der Waals surface area contributed by atoms with Gasteiger partial charge in [-0.25, -0.2) is 9.59 Å². The summed E-state index contributed by atoms with van der Waals surface area (Å²) in [6.45, 7) is 0. The van der Waals surface area contributed by atoms with Crippen molar-refractivity contribution in [1.29, 1.82) is 0 Å². The smallest absolute Gasteiger partial charge is 0.343 e. The second-order valence-electron chi connectivity index (χ2n) is 2.96. The van der Waals surface area contributed by atoms with E-state index in [1.165, 1.54) is 0 Å². The average Bonchev–Trinajstić information content (AvgIpc) is 2.25. The van der Waals surface area contributed by atoms with E-state index in [-0.39, 0.29) is 10.9 Å². The summed E-state index contributed by atoms with van der Waals surface area (Å²) in [6, 6.07) is 8.56. The van der Waals surface area contributed by atoms with Crippen LogP contribution >= 0.6 is 15.9 Å². The van der Waals surface area contributed by atoms with Gasteiger partial charge in [0.1, 0.15) is 5.57 Å². The van der Waals surface area contributed by atoms with Crippen LogP contribution in [0.1, 0.15) is 5.56 Å². The zero-order valence-electron chi connectivity index (χ0n) is 8.18. The number of aliphatic carboxylic acids is 2. The maximum atomic E-state index is 10.9. The van der Waals surface area contributed by atoms with Crippen molar-refractivity contribution >= 4 is 33.4 Å². The van der Waals surface area contributed by atoms with E-state index in [1.807, 2.05) is 0 Å². The number of alkyl halides is 1. The third-order valence-electron chi connectivity index (χ3n) is 1.99. The molecular formula is C11H9BrO4. The van der Waals surface area contributed by atoms with Crippen molar-refractivity contribution in [1.82, 2.24) is 0 Å². The van der Waals surface area contributed by atoms with Gasteiger partial charge in [-0.3, -0.25) is 0 Å². The molecule has 0 heterocycles. The fraction of sp³-hybridized carbons (Fsp3) is 0.0909. The van der Waals surface area contributed by atoms with Crippen molar-refractivity contribution in [2.24, 2.45) is 0 Å². The van der Waals surface area contributed by atoms with Gasteiger partial charge in [0.05, 0.1) is 0 Å². The highest BCUT2D eigenvalue weighted by Crippen LogP contribution is 2.21. The quantitative estimate of drug-likeness (QED) is 0.384. The van der Waals surface area contributed by atoms with Gasteiger partial charge in [0.25, 0.3) is 0 Å². The number of hydrogen-bond acceptors (Lipinski definition) is 2. The second kappa shape index (κ2) is 5.46. The van der Waals surface area contributed by atoms with Crippen LogP contribution in [0.2, 0.25) is 0 Å². The van der Waals surface area contributed by atoms with Gasteiger partial charge in [0, 0.05) is 5.33 Å². The summed E-state index contributed by atoms with van der Waals surface area (Å²) in [4.78, 5) is 21.7. The van der Waals surface area contributed by atoms with Crippen molar-refractivity contribution < 1.29 is 19.8 Å². The van der Waals surface area contributed by atoms with Crippen LogP contribution in [0.25, 0.3) is 5.57 Å². The number of allylic oxidation sites excluding steroid dienone is 1. The highest BCUT2D eigenvalue weighted by atomic mass is 79.9. The predicted molar refractivity (Wildman–Crippen MR) is 62.4 cm³/mol. The molecule has 0 atom stereocenters. The lowest BCUT2D eigenvalue weighted by atomic mass is 10.0. The molecule has 0 aliphatic carbocycles. The minimum Gasteiger partial charge on any atom is -0.477 e. The summed E-state index contributed by atoms with van der Waals surface area (Å²) in [5.74, 6) is -2.88. The van der Waals surface area contributed by atoms with Gasteiger partial charge >= 0.3 is 11.9 Å². The van der Waals surface area contributed by atoms with Crippen molar-refractivity contribution in [3.05, 3.63) is 41.5 Å². The van der Waals surface area contributed by atoms with Crippen LogP contribution in [0.15, 0.2) is 35.9 Å². The minimum absolute atomic E-state index is 0.172. The highest BCUT2D eigenvalue weighted by Gasteiger charge is 2.22. The average molecular weight is 285 g/mol. The third kappa shape index (κ3) is 2.70. The molecule has 16 heavy (non-hydrogen) atoms. The van der Waals surface area contributed by atoms with E-state index in [1.54, 1.807) is 30.3 Å². The lowest BCUT2D eigenvalue weighted by Gasteiger charge is -2.06. The Bertz CT molecular complexity index is 421. The summed E-state index contributed by atoms with van der Waals surface area (Å²) in [5, 5.41) is 17.9. The van der Waals surface area contributed by atoms with Crippen LogP contribution in [0, 0.1) is 0 Å². The third-order valence-corrected chi connectivity index (χ3v) is 2.55. The zero-order chi connectivity index (χ0) is 12.1. The van der Waals surface area contributed by atoms with Crippen molar-refractivity contribution in [2.75, 3.05) is 5.33 Å². The van der Waals surface area contributed by atoms with E-state index in [2.05, 4.69) is 15.9 Å². The monoisotopic (exact) mass is 284 g/mol. The Morgan fingerprint density at radius 1 is 1.06 bits per heavy atom. The maximum absolute atomic E-state index is 10.9. The fourth-order valence-corrected chi connectivity index (χ4v) is 1.88. The van der Waals surface area contributed by atoms with E-state index >= 15 is 0 Å². The number of carboxylic acid groups (broad SMARTS) is 2. The van der Waals surface area contributed by atoms with Gasteiger partial charge < -0.3 is 10.2 Å². The van der Waals surface area contributed by atoms with Crippen LogP contribution in [0.4, 0.5) is 0 Å². The molecular weight excluding hydrogens is 276 g/mol. The molecule has 0 fully saturated rings. The SMILES string of the molecule is O=C(O)C(C(=O)O)=C(CBr)c1ccccc1. The summed E-state index contributed by atoms with van der Waals surface area (Å²) < 4.78 is 0. The Morgan fingerprint density at radius 2 is 1.56 bits per heavy atom. The van der Waals surface area contributed by atoms with E-state index < -0.39 is 17.5 Å². The first kappa shape index (κ1) is 12.4. The molecule has 0 unspecified atom stereocenters. The van der Waals surface area contributed by atoms with Gasteiger partial charge in [-0.05, 0) is 11.1 Å². The molecule has 5 heteroatoms. The Kier molecular flexibility index (Phi) is 4.25. The minimum atomic E-state index is -1.44. The molecule has 0 aliphatic rings. The molecule has 1 aromatic rings. The Labute approximate surface area is 100 Å². The Hall–Kier alpha value is -1.62. The molecule has 0 saturated carbocycles. The number of benzene rings is 1. The van der Waals surface area contributed by atoms with Crippen molar-refractivity contribution in [2.45, 2.75) is 0 Å². The number of carboxylic acids is 2. The first-order chi connectivity index (χ1) is 7.57. The number of halogens is 1. The standard InChI is InChI=1S/C11H9BrO4/c12-6-8(7-4-2-1-3-5-7)9(10(13)14)11(15)16/h1-5H,6H2,(H,13,14)(H,15,16).